The first-order valence-corrected chi connectivity index (χ1v) is 9.42. The third-order valence-corrected chi connectivity index (χ3v) is 4.78. The number of carbonyl (C=O) groups excluding carboxylic acids is 2. The van der Waals surface area contributed by atoms with Crippen molar-refractivity contribution >= 4 is 17.4 Å². The fourth-order valence-electron chi connectivity index (χ4n) is 3.26. The molecule has 3 rings (SSSR count). The van der Waals surface area contributed by atoms with Gasteiger partial charge in [-0.1, -0.05) is 72.8 Å². The maximum Gasteiger partial charge on any atom is 0.282 e. The standard InChI is InChI=1S/C24H24N2O2/c1-17(24(28)26-22-16-10-9-15-21(22)18(2)27)25-23(19-11-5-3-6-12-19)20-13-7-4-8-14-20/h3-17,23,25H,1-2H3,(H,26,28)/p+1/t17-/m0/s1. The van der Waals surface area contributed by atoms with Gasteiger partial charge in [-0.05, 0) is 26.0 Å². The lowest BCUT2D eigenvalue weighted by Crippen LogP contribution is -2.92. The highest BCUT2D eigenvalue weighted by Crippen LogP contribution is 2.19. The highest BCUT2D eigenvalue weighted by atomic mass is 16.2. The summed E-state index contributed by atoms with van der Waals surface area (Å²) in [7, 11) is 0. The van der Waals surface area contributed by atoms with Crippen LogP contribution in [0.3, 0.4) is 0 Å². The maximum atomic E-state index is 12.8. The van der Waals surface area contributed by atoms with Gasteiger partial charge in [0.15, 0.2) is 11.8 Å². The number of quaternary nitrogens is 1. The summed E-state index contributed by atoms with van der Waals surface area (Å²) in [5, 5.41) is 4.96. The second-order valence-corrected chi connectivity index (χ2v) is 6.87. The van der Waals surface area contributed by atoms with Gasteiger partial charge in [0.2, 0.25) is 0 Å². The van der Waals surface area contributed by atoms with Crippen molar-refractivity contribution in [3.8, 4) is 0 Å². The molecule has 1 atom stereocenters. The molecule has 0 aromatic heterocycles. The van der Waals surface area contributed by atoms with Crippen LogP contribution in [-0.2, 0) is 4.79 Å². The quantitative estimate of drug-likeness (QED) is 0.622. The lowest BCUT2D eigenvalue weighted by Gasteiger charge is -2.21. The molecule has 0 unspecified atom stereocenters. The van der Waals surface area contributed by atoms with Crippen LogP contribution >= 0.6 is 0 Å². The van der Waals surface area contributed by atoms with E-state index in [1.54, 1.807) is 18.2 Å². The van der Waals surface area contributed by atoms with Crippen molar-refractivity contribution in [3.63, 3.8) is 0 Å². The number of hydrogen-bond acceptors (Lipinski definition) is 2. The molecule has 3 aromatic carbocycles. The fraction of sp³-hybridized carbons (Fsp3) is 0.167. The lowest BCUT2D eigenvalue weighted by atomic mass is 9.98. The summed E-state index contributed by atoms with van der Waals surface area (Å²) in [4.78, 5) is 24.6. The largest absolute Gasteiger partial charge is 0.326 e. The highest BCUT2D eigenvalue weighted by molar-refractivity contribution is 6.04. The highest BCUT2D eigenvalue weighted by Gasteiger charge is 2.25. The van der Waals surface area contributed by atoms with Crippen LogP contribution in [0, 0.1) is 0 Å². The number of hydrogen-bond donors (Lipinski definition) is 2. The van der Waals surface area contributed by atoms with Crippen LogP contribution in [0.15, 0.2) is 84.9 Å². The van der Waals surface area contributed by atoms with Crippen LogP contribution < -0.4 is 10.6 Å². The topological polar surface area (TPSA) is 62.8 Å². The van der Waals surface area contributed by atoms with Crippen molar-refractivity contribution in [2.24, 2.45) is 0 Å². The molecule has 0 bridgehead atoms. The van der Waals surface area contributed by atoms with E-state index >= 15 is 0 Å². The van der Waals surface area contributed by atoms with Gasteiger partial charge in [0.1, 0.15) is 6.04 Å². The summed E-state index contributed by atoms with van der Waals surface area (Å²) in [6.07, 6.45) is 0. The fourth-order valence-corrected chi connectivity index (χ4v) is 3.26. The predicted molar refractivity (Wildman–Crippen MR) is 111 cm³/mol. The van der Waals surface area contributed by atoms with Crippen molar-refractivity contribution in [2.75, 3.05) is 5.32 Å². The summed E-state index contributed by atoms with van der Waals surface area (Å²) < 4.78 is 0. The normalized spacial score (nSPS) is 11.8. The average Bonchev–Trinajstić information content (AvgIpc) is 2.73. The molecule has 1 amide bonds. The molecule has 3 N–H and O–H groups in total. The number of carbonyl (C=O) groups is 2. The smallest absolute Gasteiger partial charge is 0.282 e. The Balaban J connectivity index is 1.80. The molecular formula is C24H25N2O2+. The Hall–Kier alpha value is -3.24. The van der Waals surface area contributed by atoms with Crippen molar-refractivity contribution in [3.05, 3.63) is 102 Å². The van der Waals surface area contributed by atoms with E-state index in [0.29, 0.717) is 11.3 Å². The molecule has 0 radical (unpaired) electrons. The molecule has 0 fully saturated rings. The summed E-state index contributed by atoms with van der Waals surface area (Å²) in [5.74, 6) is -0.204. The van der Waals surface area contributed by atoms with E-state index in [0.717, 1.165) is 11.1 Å². The van der Waals surface area contributed by atoms with Crippen molar-refractivity contribution < 1.29 is 14.9 Å². The van der Waals surface area contributed by atoms with E-state index in [-0.39, 0.29) is 23.8 Å². The molecule has 4 nitrogen and oxygen atoms in total. The first-order valence-electron chi connectivity index (χ1n) is 9.42. The van der Waals surface area contributed by atoms with Gasteiger partial charge in [0.05, 0.1) is 5.69 Å². The van der Waals surface area contributed by atoms with E-state index < -0.39 is 0 Å². The third kappa shape index (κ3) is 4.72. The summed E-state index contributed by atoms with van der Waals surface area (Å²) in [6, 6.07) is 27.0. The van der Waals surface area contributed by atoms with Crippen LogP contribution in [-0.4, -0.2) is 17.7 Å². The summed E-state index contributed by atoms with van der Waals surface area (Å²) >= 11 is 0. The number of para-hydroxylation sites is 1. The molecule has 142 valence electrons. The molecule has 0 aliphatic rings. The Morgan fingerprint density at radius 3 is 1.82 bits per heavy atom. The number of amides is 1. The zero-order chi connectivity index (χ0) is 19.9. The van der Waals surface area contributed by atoms with Crippen LogP contribution in [0.2, 0.25) is 0 Å². The third-order valence-electron chi connectivity index (χ3n) is 4.78. The van der Waals surface area contributed by atoms with Gasteiger partial charge in [0, 0.05) is 16.7 Å². The van der Waals surface area contributed by atoms with Crippen LogP contribution in [0.25, 0.3) is 0 Å². The monoisotopic (exact) mass is 373 g/mol. The minimum atomic E-state index is -0.342. The molecule has 4 heteroatoms. The maximum absolute atomic E-state index is 12.8. The van der Waals surface area contributed by atoms with Gasteiger partial charge in [-0.15, -0.1) is 0 Å². The Morgan fingerprint density at radius 2 is 1.29 bits per heavy atom. The van der Waals surface area contributed by atoms with Gasteiger partial charge >= 0.3 is 0 Å². The number of rotatable bonds is 7. The van der Waals surface area contributed by atoms with E-state index in [1.165, 1.54) is 6.92 Å². The van der Waals surface area contributed by atoms with Gasteiger partial charge in [-0.2, -0.15) is 0 Å². The van der Waals surface area contributed by atoms with Gasteiger partial charge in [-0.25, -0.2) is 0 Å². The van der Waals surface area contributed by atoms with Crippen LogP contribution in [0.5, 0.6) is 0 Å². The Bertz CT molecular complexity index is 900. The minimum Gasteiger partial charge on any atom is -0.326 e. The van der Waals surface area contributed by atoms with Crippen LogP contribution in [0.4, 0.5) is 5.69 Å². The average molecular weight is 373 g/mol. The Morgan fingerprint density at radius 1 is 0.786 bits per heavy atom. The Kier molecular flexibility index (Phi) is 6.35. The minimum absolute atomic E-state index is 0.00574. The van der Waals surface area contributed by atoms with E-state index in [2.05, 4.69) is 34.9 Å². The molecule has 3 aromatic rings. The van der Waals surface area contributed by atoms with Crippen molar-refractivity contribution in [2.45, 2.75) is 25.9 Å². The van der Waals surface area contributed by atoms with Gasteiger partial charge in [0.25, 0.3) is 5.91 Å². The molecule has 28 heavy (non-hydrogen) atoms. The molecule has 0 aliphatic heterocycles. The number of nitrogens with one attached hydrogen (secondary N) is 1. The molecule has 0 heterocycles. The first kappa shape index (κ1) is 19.5. The predicted octanol–water partition coefficient (Wildman–Crippen LogP) is 3.57. The van der Waals surface area contributed by atoms with Crippen molar-refractivity contribution in [1.82, 2.24) is 0 Å². The molecule has 0 aliphatic carbocycles. The zero-order valence-corrected chi connectivity index (χ0v) is 16.1. The molecular weight excluding hydrogens is 348 g/mol. The molecule has 0 saturated heterocycles. The van der Waals surface area contributed by atoms with Gasteiger partial charge in [-0.3, -0.25) is 9.59 Å². The number of benzene rings is 3. The van der Waals surface area contributed by atoms with E-state index in [4.69, 9.17) is 0 Å². The molecule has 0 saturated carbocycles. The number of ketones is 1. The first-order chi connectivity index (χ1) is 13.6. The summed E-state index contributed by atoms with van der Waals surface area (Å²) in [5.41, 5.74) is 3.34. The number of nitrogens with two attached hydrogens (primary N) is 1. The number of anilines is 1. The second kappa shape index (κ2) is 9.11. The van der Waals surface area contributed by atoms with Gasteiger partial charge < -0.3 is 10.6 Å². The van der Waals surface area contributed by atoms with E-state index in [1.807, 2.05) is 49.4 Å². The summed E-state index contributed by atoms with van der Waals surface area (Å²) in [6.45, 7) is 3.38. The number of Topliss-reactive ketones (excluding diaryl/α,β-unsaturated/α-hetero) is 1. The lowest BCUT2D eigenvalue weighted by molar-refractivity contribution is -0.704. The Labute approximate surface area is 165 Å². The van der Waals surface area contributed by atoms with Crippen molar-refractivity contribution in [1.29, 1.82) is 0 Å². The second-order valence-electron chi connectivity index (χ2n) is 6.87. The molecule has 0 spiro atoms. The SMILES string of the molecule is CC(=O)c1ccccc1NC(=O)[C@H](C)[NH2+]C(c1ccccc1)c1ccccc1. The van der Waals surface area contributed by atoms with Crippen LogP contribution in [0.1, 0.15) is 41.4 Å². The zero-order valence-electron chi connectivity index (χ0n) is 16.1. The van der Waals surface area contributed by atoms with E-state index in [9.17, 15) is 9.59 Å².